The quantitative estimate of drug-likeness (QED) is 0.519. The molecule has 0 aliphatic heterocycles. The number of non-ortho nitro benzene ring substituents is 1. The van der Waals surface area contributed by atoms with Gasteiger partial charge in [-0.25, -0.2) is 0 Å². The molecule has 2 aromatic rings. The number of hydrogen-bond donors (Lipinski definition) is 1. The summed E-state index contributed by atoms with van der Waals surface area (Å²) in [5.41, 5.74) is 0.964. The summed E-state index contributed by atoms with van der Waals surface area (Å²) in [6.45, 7) is 2.47. The van der Waals surface area contributed by atoms with Crippen molar-refractivity contribution in [3.8, 4) is 0 Å². The molecule has 0 aliphatic carbocycles. The average molecular weight is 327 g/mol. The molecule has 2 amide bonds. The van der Waals surface area contributed by atoms with E-state index in [1.165, 1.54) is 29.2 Å². The standard InChI is InChI=1S/C17H17N3O4/c1-2-19(12-13-7-4-3-5-8-13)17(22)16(21)18-14-9-6-10-15(11-14)20(23)24/h3-11H,2,12H2,1H3,(H,18,21). The number of benzene rings is 2. The zero-order valence-electron chi connectivity index (χ0n) is 13.1. The van der Waals surface area contributed by atoms with Gasteiger partial charge in [0.15, 0.2) is 0 Å². The van der Waals surface area contributed by atoms with Gasteiger partial charge in [-0.3, -0.25) is 19.7 Å². The Morgan fingerprint density at radius 3 is 2.46 bits per heavy atom. The van der Waals surface area contributed by atoms with Gasteiger partial charge in [0.2, 0.25) is 0 Å². The smallest absolute Gasteiger partial charge is 0.313 e. The molecule has 7 nitrogen and oxygen atoms in total. The first kappa shape index (κ1) is 17.1. The first-order valence-corrected chi connectivity index (χ1v) is 7.40. The van der Waals surface area contributed by atoms with Gasteiger partial charge in [0, 0.05) is 30.9 Å². The minimum absolute atomic E-state index is 0.156. The molecule has 0 fully saturated rings. The van der Waals surface area contributed by atoms with Crippen molar-refractivity contribution in [2.75, 3.05) is 11.9 Å². The fraction of sp³-hybridized carbons (Fsp3) is 0.176. The molecule has 0 saturated carbocycles. The van der Waals surface area contributed by atoms with Crippen molar-refractivity contribution in [2.45, 2.75) is 13.5 Å². The van der Waals surface area contributed by atoms with Crippen LogP contribution in [0.1, 0.15) is 12.5 Å². The number of likely N-dealkylation sites (N-methyl/N-ethyl adjacent to an activating group) is 1. The lowest BCUT2D eigenvalue weighted by atomic mass is 10.2. The molecular formula is C17H17N3O4. The molecule has 1 N–H and O–H groups in total. The highest BCUT2D eigenvalue weighted by Crippen LogP contribution is 2.17. The second-order valence-electron chi connectivity index (χ2n) is 5.07. The summed E-state index contributed by atoms with van der Waals surface area (Å²) in [4.78, 5) is 36.0. The van der Waals surface area contributed by atoms with Crippen LogP contribution in [0.2, 0.25) is 0 Å². The number of carbonyl (C=O) groups excluding carboxylic acids is 2. The van der Waals surface area contributed by atoms with E-state index in [2.05, 4.69) is 5.32 Å². The first-order chi connectivity index (χ1) is 11.5. The van der Waals surface area contributed by atoms with Gasteiger partial charge in [-0.2, -0.15) is 0 Å². The van der Waals surface area contributed by atoms with Crippen LogP contribution in [0.5, 0.6) is 0 Å². The van der Waals surface area contributed by atoms with E-state index < -0.39 is 16.7 Å². The SMILES string of the molecule is CCN(Cc1ccccc1)C(=O)C(=O)Nc1cccc([N+](=O)[O-])c1. The molecule has 124 valence electrons. The highest BCUT2D eigenvalue weighted by Gasteiger charge is 2.21. The highest BCUT2D eigenvalue weighted by molar-refractivity contribution is 6.39. The molecule has 0 atom stereocenters. The summed E-state index contributed by atoms with van der Waals surface area (Å²) < 4.78 is 0. The van der Waals surface area contributed by atoms with Crippen molar-refractivity contribution in [1.29, 1.82) is 0 Å². The minimum Gasteiger partial charge on any atom is -0.330 e. The summed E-state index contributed by atoms with van der Waals surface area (Å²) in [6.07, 6.45) is 0. The molecule has 0 bridgehead atoms. The number of nitro benzene ring substituents is 1. The zero-order valence-corrected chi connectivity index (χ0v) is 13.1. The summed E-state index contributed by atoms with van der Waals surface area (Å²) in [5, 5.41) is 13.2. The Morgan fingerprint density at radius 1 is 1.12 bits per heavy atom. The maximum atomic E-state index is 12.3. The van der Waals surface area contributed by atoms with Crippen molar-refractivity contribution in [1.82, 2.24) is 4.90 Å². The van der Waals surface area contributed by atoms with Crippen LogP contribution in [0, 0.1) is 10.1 Å². The Kier molecular flexibility index (Phi) is 5.62. The number of carbonyl (C=O) groups is 2. The molecule has 2 aromatic carbocycles. The number of anilines is 1. The van der Waals surface area contributed by atoms with Gasteiger partial charge in [0.25, 0.3) is 5.69 Å². The fourth-order valence-corrected chi connectivity index (χ4v) is 2.16. The van der Waals surface area contributed by atoms with Crippen molar-refractivity contribution < 1.29 is 14.5 Å². The Hall–Kier alpha value is -3.22. The van der Waals surface area contributed by atoms with Crippen LogP contribution in [0.3, 0.4) is 0 Å². The van der Waals surface area contributed by atoms with Crippen LogP contribution in [0.15, 0.2) is 54.6 Å². The zero-order chi connectivity index (χ0) is 17.5. The Morgan fingerprint density at radius 2 is 1.83 bits per heavy atom. The van der Waals surface area contributed by atoms with E-state index in [4.69, 9.17) is 0 Å². The topological polar surface area (TPSA) is 92.6 Å². The number of nitrogens with one attached hydrogen (secondary N) is 1. The van der Waals surface area contributed by atoms with E-state index in [0.717, 1.165) is 5.56 Å². The van der Waals surface area contributed by atoms with Gasteiger partial charge in [-0.1, -0.05) is 36.4 Å². The normalized spacial score (nSPS) is 10.0. The molecular weight excluding hydrogens is 310 g/mol. The van der Waals surface area contributed by atoms with Gasteiger partial charge in [-0.05, 0) is 18.6 Å². The molecule has 0 radical (unpaired) electrons. The summed E-state index contributed by atoms with van der Waals surface area (Å²) >= 11 is 0. The third kappa shape index (κ3) is 4.39. The number of rotatable bonds is 5. The summed E-state index contributed by atoms with van der Waals surface area (Å²) in [5.74, 6) is -1.51. The van der Waals surface area contributed by atoms with Gasteiger partial charge >= 0.3 is 11.8 Å². The molecule has 0 saturated heterocycles. The van der Waals surface area contributed by atoms with Crippen LogP contribution in [-0.4, -0.2) is 28.2 Å². The van der Waals surface area contributed by atoms with Gasteiger partial charge in [-0.15, -0.1) is 0 Å². The highest BCUT2D eigenvalue weighted by atomic mass is 16.6. The van der Waals surface area contributed by atoms with E-state index >= 15 is 0 Å². The number of hydrogen-bond acceptors (Lipinski definition) is 4. The maximum Gasteiger partial charge on any atom is 0.313 e. The van der Waals surface area contributed by atoms with Gasteiger partial charge in [0.05, 0.1) is 4.92 Å². The average Bonchev–Trinajstić information content (AvgIpc) is 2.60. The second kappa shape index (κ2) is 7.87. The largest absolute Gasteiger partial charge is 0.330 e. The third-order valence-electron chi connectivity index (χ3n) is 3.39. The van der Waals surface area contributed by atoms with Crippen LogP contribution in [-0.2, 0) is 16.1 Å². The van der Waals surface area contributed by atoms with Gasteiger partial charge < -0.3 is 10.2 Å². The lowest BCUT2D eigenvalue weighted by Crippen LogP contribution is -2.39. The molecule has 2 rings (SSSR count). The second-order valence-corrected chi connectivity index (χ2v) is 5.07. The van der Waals surface area contributed by atoms with Crippen LogP contribution in [0.4, 0.5) is 11.4 Å². The van der Waals surface area contributed by atoms with Crippen molar-refractivity contribution >= 4 is 23.2 Å². The third-order valence-corrected chi connectivity index (χ3v) is 3.39. The predicted molar refractivity (Wildman–Crippen MR) is 89.3 cm³/mol. The number of nitrogens with zero attached hydrogens (tertiary/aromatic N) is 2. The fourth-order valence-electron chi connectivity index (χ4n) is 2.16. The molecule has 0 unspecified atom stereocenters. The lowest BCUT2D eigenvalue weighted by Gasteiger charge is -2.20. The Balaban J connectivity index is 2.06. The monoisotopic (exact) mass is 327 g/mol. The molecule has 0 spiro atoms. The Bertz CT molecular complexity index is 747. The van der Waals surface area contributed by atoms with E-state index in [0.29, 0.717) is 13.1 Å². The van der Waals surface area contributed by atoms with E-state index in [1.54, 1.807) is 6.92 Å². The van der Waals surface area contributed by atoms with Gasteiger partial charge in [0.1, 0.15) is 0 Å². The molecule has 24 heavy (non-hydrogen) atoms. The van der Waals surface area contributed by atoms with Crippen molar-refractivity contribution in [2.24, 2.45) is 0 Å². The predicted octanol–water partition coefficient (Wildman–Crippen LogP) is 2.58. The maximum absolute atomic E-state index is 12.3. The van der Waals surface area contributed by atoms with Crippen LogP contribution < -0.4 is 5.32 Å². The molecule has 0 aromatic heterocycles. The van der Waals surface area contributed by atoms with E-state index in [1.807, 2.05) is 30.3 Å². The van der Waals surface area contributed by atoms with E-state index in [-0.39, 0.29) is 11.4 Å². The summed E-state index contributed by atoms with van der Waals surface area (Å²) in [6, 6.07) is 14.8. The van der Waals surface area contributed by atoms with E-state index in [9.17, 15) is 19.7 Å². The number of nitro groups is 1. The summed E-state index contributed by atoms with van der Waals surface area (Å²) in [7, 11) is 0. The van der Waals surface area contributed by atoms with Crippen LogP contribution >= 0.6 is 0 Å². The van der Waals surface area contributed by atoms with Crippen molar-refractivity contribution in [3.05, 3.63) is 70.3 Å². The first-order valence-electron chi connectivity index (χ1n) is 7.40. The molecule has 0 aliphatic rings. The lowest BCUT2D eigenvalue weighted by molar-refractivity contribution is -0.384. The van der Waals surface area contributed by atoms with Crippen molar-refractivity contribution in [3.63, 3.8) is 0 Å². The number of amides is 2. The molecule has 7 heteroatoms. The molecule has 0 heterocycles. The Labute approximate surface area is 139 Å². The minimum atomic E-state index is -0.826. The van der Waals surface area contributed by atoms with Crippen LogP contribution in [0.25, 0.3) is 0 Å².